The molecular weight excluding hydrogens is 212 g/mol. The summed E-state index contributed by atoms with van der Waals surface area (Å²) in [5.74, 6) is 2.29. The van der Waals surface area contributed by atoms with Crippen LogP contribution in [0.5, 0.6) is 0 Å². The van der Waals surface area contributed by atoms with Crippen molar-refractivity contribution in [1.29, 1.82) is 0 Å². The van der Waals surface area contributed by atoms with Crippen molar-refractivity contribution in [1.82, 2.24) is 10.3 Å². The third kappa shape index (κ3) is 3.61. The Kier molecular flexibility index (Phi) is 4.65. The van der Waals surface area contributed by atoms with Crippen LogP contribution in [-0.4, -0.2) is 17.4 Å². The second-order valence-electron chi connectivity index (χ2n) is 2.91. The molecule has 0 saturated carbocycles. The van der Waals surface area contributed by atoms with Gasteiger partial charge in [-0.05, 0) is 18.6 Å². The maximum absolute atomic E-state index is 11.5. The lowest BCUT2D eigenvalue weighted by Gasteiger charge is -2.04. The topological polar surface area (TPSA) is 42.0 Å². The van der Waals surface area contributed by atoms with E-state index in [1.165, 1.54) is 6.20 Å². The standard InChI is InChI=1S/C11H11ClN2O/c1-2-3-4-7-14-11(15)9-6-5-8-13-10(9)12/h1,5-6,8H,3-4,7H2,(H,14,15). The number of rotatable bonds is 4. The largest absolute Gasteiger partial charge is 0.352 e. The molecule has 3 nitrogen and oxygen atoms in total. The average Bonchev–Trinajstić information content (AvgIpc) is 2.25. The molecule has 4 heteroatoms. The van der Waals surface area contributed by atoms with Crippen molar-refractivity contribution in [2.75, 3.05) is 6.54 Å². The fraction of sp³-hybridized carbons (Fsp3) is 0.273. The van der Waals surface area contributed by atoms with Gasteiger partial charge in [0.05, 0.1) is 5.56 Å². The first-order valence-electron chi connectivity index (χ1n) is 4.58. The van der Waals surface area contributed by atoms with Crippen LogP contribution in [0.15, 0.2) is 18.3 Å². The van der Waals surface area contributed by atoms with Gasteiger partial charge in [-0.25, -0.2) is 4.98 Å². The zero-order chi connectivity index (χ0) is 11.1. The normalized spacial score (nSPS) is 9.33. The van der Waals surface area contributed by atoms with E-state index in [2.05, 4.69) is 16.2 Å². The van der Waals surface area contributed by atoms with E-state index in [0.29, 0.717) is 18.5 Å². The fourth-order valence-electron chi connectivity index (χ4n) is 1.04. The number of amides is 1. The van der Waals surface area contributed by atoms with Crippen LogP contribution in [0.1, 0.15) is 23.2 Å². The predicted octanol–water partition coefficient (Wildman–Crippen LogP) is 1.88. The zero-order valence-electron chi connectivity index (χ0n) is 8.16. The van der Waals surface area contributed by atoms with Crippen LogP contribution in [0, 0.1) is 12.3 Å². The molecule has 1 N–H and O–H groups in total. The van der Waals surface area contributed by atoms with Gasteiger partial charge in [-0.2, -0.15) is 0 Å². The average molecular weight is 223 g/mol. The van der Waals surface area contributed by atoms with E-state index in [1.807, 2.05) is 0 Å². The molecule has 0 spiro atoms. The van der Waals surface area contributed by atoms with Crippen molar-refractivity contribution < 1.29 is 4.79 Å². The van der Waals surface area contributed by atoms with Crippen LogP contribution in [0.2, 0.25) is 5.15 Å². The van der Waals surface area contributed by atoms with Gasteiger partial charge in [0, 0.05) is 19.2 Å². The summed E-state index contributed by atoms with van der Waals surface area (Å²) in [6.45, 7) is 0.550. The molecule has 1 aromatic rings. The lowest BCUT2D eigenvalue weighted by molar-refractivity contribution is 0.0953. The Morgan fingerprint density at radius 1 is 1.67 bits per heavy atom. The Balaban J connectivity index is 2.48. The maximum atomic E-state index is 11.5. The number of carbonyl (C=O) groups is 1. The fourth-order valence-corrected chi connectivity index (χ4v) is 1.25. The summed E-state index contributed by atoms with van der Waals surface area (Å²) in [6.07, 6.45) is 8.04. The molecule has 1 amide bonds. The Labute approximate surface area is 93.9 Å². The number of nitrogens with zero attached hydrogens (tertiary/aromatic N) is 1. The molecule has 1 heterocycles. The number of hydrogen-bond donors (Lipinski definition) is 1. The predicted molar refractivity (Wildman–Crippen MR) is 59.6 cm³/mol. The van der Waals surface area contributed by atoms with E-state index in [9.17, 15) is 4.79 Å². The van der Waals surface area contributed by atoms with Crippen molar-refractivity contribution in [3.8, 4) is 12.3 Å². The van der Waals surface area contributed by atoms with Gasteiger partial charge in [0.25, 0.3) is 5.91 Å². The van der Waals surface area contributed by atoms with Crippen molar-refractivity contribution in [2.24, 2.45) is 0 Å². The van der Waals surface area contributed by atoms with E-state index in [0.717, 1.165) is 6.42 Å². The van der Waals surface area contributed by atoms with Gasteiger partial charge in [-0.1, -0.05) is 11.6 Å². The van der Waals surface area contributed by atoms with Crippen LogP contribution >= 0.6 is 11.6 Å². The van der Waals surface area contributed by atoms with Crippen molar-refractivity contribution in [3.63, 3.8) is 0 Å². The summed E-state index contributed by atoms with van der Waals surface area (Å²) in [6, 6.07) is 3.30. The summed E-state index contributed by atoms with van der Waals surface area (Å²) < 4.78 is 0. The smallest absolute Gasteiger partial charge is 0.254 e. The monoisotopic (exact) mass is 222 g/mol. The van der Waals surface area contributed by atoms with Gasteiger partial charge >= 0.3 is 0 Å². The molecule has 0 aromatic carbocycles. The quantitative estimate of drug-likeness (QED) is 0.480. The number of nitrogens with one attached hydrogen (secondary N) is 1. The molecule has 1 aromatic heterocycles. The number of unbranched alkanes of at least 4 members (excludes halogenated alkanes) is 1. The molecule has 0 bridgehead atoms. The number of hydrogen-bond acceptors (Lipinski definition) is 2. The minimum atomic E-state index is -0.217. The molecule has 15 heavy (non-hydrogen) atoms. The molecule has 0 unspecified atom stereocenters. The van der Waals surface area contributed by atoms with E-state index in [1.54, 1.807) is 12.1 Å². The minimum absolute atomic E-state index is 0.215. The van der Waals surface area contributed by atoms with E-state index in [4.69, 9.17) is 18.0 Å². The molecule has 1 rings (SSSR count). The Morgan fingerprint density at radius 3 is 3.13 bits per heavy atom. The Hall–Kier alpha value is -1.53. The van der Waals surface area contributed by atoms with Crippen molar-refractivity contribution in [3.05, 3.63) is 29.0 Å². The molecule has 78 valence electrons. The summed E-state index contributed by atoms with van der Waals surface area (Å²) in [5, 5.41) is 2.93. The summed E-state index contributed by atoms with van der Waals surface area (Å²) in [5.41, 5.74) is 0.389. The third-order valence-electron chi connectivity index (χ3n) is 1.79. The molecule has 0 radical (unpaired) electrons. The van der Waals surface area contributed by atoms with E-state index in [-0.39, 0.29) is 11.1 Å². The highest BCUT2D eigenvalue weighted by molar-refractivity contribution is 6.32. The lowest BCUT2D eigenvalue weighted by Crippen LogP contribution is -2.24. The first-order chi connectivity index (χ1) is 7.25. The minimum Gasteiger partial charge on any atom is -0.352 e. The van der Waals surface area contributed by atoms with Crippen LogP contribution < -0.4 is 5.32 Å². The van der Waals surface area contributed by atoms with Crippen LogP contribution in [0.3, 0.4) is 0 Å². The van der Waals surface area contributed by atoms with Crippen LogP contribution in [0.25, 0.3) is 0 Å². The van der Waals surface area contributed by atoms with Gasteiger partial charge < -0.3 is 5.32 Å². The van der Waals surface area contributed by atoms with Crippen LogP contribution in [0.4, 0.5) is 0 Å². The summed E-state index contributed by atoms with van der Waals surface area (Å²) in [7, 11) is 0. The number of halogens is 1. The number of pyridine rings is 1. The van der Waals surface area contributed by atoms with Gasteiger partial charge in [0.15, 0.2) is 0 Å². The molecule has 0 aliphatic rings. The molecule has 0 aliphatic heterocycles. The Bertz CT molecular complexity index is 384. The third-order valence-corrected chi connectivity index (χ3v) is 2.09. The van der Waals surface area contributed by atoms with Gasteiger partial charge in [0.1, 0.15) is 5.15 Å². The summed E-state index contributed by atoms with van der Waals surface area (Å²) in [4.78, 5) is 15.4. The molecule has 0 atom stereocenters. The number of terminal acetylenes is 1. The lowest BCUT2D eigenvalue weighted by atomic mass is 10.2. The first-order valence-corrected chi connectivity index (χ1v) is 4.95. The molecule has 0 saturated heterocycles. The highest BCUT2D eigenvalue weighted by atomic mass is 35.5. The van der Waals surface area contributed by atoms with Crippen molar-refractivity contribution in [2.45, 2.75) is 12.8 Å². The highest BCUT2D eigenvalue weighted by Gasteiger charge is 2.08. The molecular formula is C11H11ClN2O. The van der Waals surface area contributed by atoms with E-state index >= 15 is 0 Å². The second-order valence-corrected chi connectivity index (χ2v) is 3.26. The second kappa shape index (κ2) is 6.05. The maximum Gasteiger partial charge on any atom is 0.254 e. The van der Waals surface area contributed by atoms with Gasteiger partial charge in [-0.3, -0.25) is 4.79 Å². The first kappa shape index (κ1) is 11.5. The summed E-state index contributed by atoms with van der Waals surface area (Å²) >= 11 is 5.75. The highest BCUT2D eigenvalue weighted by Crippen LogP contribution is 2.10. The molecule has 0 fully saturated rings. The zero-order valence-corrected chi connectivity index (χ0v) is 8.92. The van der Waals surface area contributed by atoms with Gasteiger partial charge in [0.2, 0.25) is 0 Å². The SMILES string of the molecule is C#CCCCNC(=O)c1cccnc1Cl. The van der Waals surface area contributed by atoms with E-state index < -0.39 is 0 Å². The van der Waals surface area contributed by atoms with Crippen LogP contribution in [-0.2, 0) is 0 Å². The number of carbonyl (C=O) groups excluding carboxylic acids is 1. The Morgan fingerprint density at radius 2 is 2.47 bits per heavy atom. The molecule has 0 aliphatic carbocycles. The van der Waals surface area contributed by atoms with Gasteiger partial charge in [-0.15, -0.1) is 12.3 Å². The van der Waals surface area contributed by atoms with Crippen molar-refractivity contribution >= 4 is 17.5 Å². The number of aromatic nitrogens is 1.